The molecular weight excluding hydrogens is 217 g/mol. The first-order chi connectivity index (χ1) is 8.12. The average molecular weight is 239 g/mol. The van der Waals surface area contributed by atoms with E-state index in [-0.39, 0.29) is 12.5 Å². The van der Waals surface area contributed by atoms with E-state index in [1.54, 1.807) is 0 Å². The molecule has 1 aliphatic rings. The van der Waals surface area contributed by atoms with Gasteiger partial charge in [-0.15, -0.1) is 0 Å². The van der Waals surface area contributed by atoms with Crippen LogP contribution in [-0.2, 0) is 19.4 Å². The Labute approximate surface area is 102 Å². The quantitative estimate of drug-likeness (QED) is 0.826. The molecule has 0 saturated heterocycles. The summed E-state index contributed by atoms with van der Waals surface area (Å²) in [6, 6.07) is 2.02. The zero-order valence-corrected chi connectivity index (χ0v) is 10.7. The maximum atomic E-state index is 14.7. The maximum Gasteiger partial charge on any atom is 0.131 e. The van der Waals surface area contributed by atoms with Crippen molar-refractivity contribution in [3.63, 3.8) is 0 Å². The second kappa shape index (κ2) is 4.77. The Morgan fingerprint density at radius 3 is 2.71 bits per heavy atom. The average Bonchev–Trinajstić information content (AvgIpc) is 3.12. The minimum absolute atomic E-state index is 0.119. The first-order valence-electron chi connectivity index (χ1n) is 6.57. The molecule has 17 heavy (non-hydrogen) atoms. The molecule has 0 spiro atoms. The summed E-state index contributed by atoms with van der Waals surface area (Å²) < 4.78 is 16.6. The lowest BCUT2D eigenvalue weighted by Gasteiger charge is -2.23. The minimum Gasteiger partial charge on any atom is -0.328 e. The van der Waals surface area contributed by atoms with Crippen LogP contribution in [-0.4, -0.2) is 22.0 Å². The van der Waals surface area contributed by atoms with Crippen LogP contribution in [0.3, 0.4) is 0 Å². The van der Waals surface area contributed by atoms with Crippen molar-refractivity contribution in [1.29, 1.82) is 0 Å². The number of rotatable bonds is 6. The fourth-order valence-electron chi connectivity index (χ4n) is 2.39. The van der Waals surface area contributed by atoms with Gasteiger partial charge in [0.25, 0.3) is 0 Å². The molecule has 0 amide bonds. The highest BCUT2D eigenvalue weighted by molar-refractivity contribution is 5.15. The molecule has 0 bridgehead atoms. The summed E-state index contributed by atoms with van der Waals surface area (Å²) in [4.78, 5) is 0. The fourth-order valence-corrected chi connectivity index (χ4v) is 2.39. The van der Waals surface area contributed by atoms with E-state index < -0.39 is 5.67 Å². The predicted octanol–water partition coefficient (Wildman–Crippen LogP) is 2.08. The molecule has 96 valence electrons. The monoisotopic (exact) mass is 239 g/mol. The minimum atomic E-state index is -1.22. The molecule has 1 saturated carbocycles. The van der Waals surface area contributed by atoms with Crippen molar-refractivity contribution in [3.8, 4) is 0 Å². The van der Waals surface area contributed by atoms with E-state index in [9.17, 15) is 4.39 Å². The van der Waals surface area contributed by atoms with E-state index in [1.165, 1.54) is 0 Å². The van der Waals surface area contributed by atoms with E-state index in [0.717, 1.165) is 37.2 Å². The van der Waals surface area contributed by atoms with Gasteiger partial charge in [-0.2, -0.15) is 5.10 Å². The Balaban J connectivity index is 2.18. The summed E-state index contributed by atoms with van der Waals surface area (Å²) in [5.74, 6) is 0.165. The predicted molar refractivity (Wildman–Crippen MR) is 66.6 cm³/mol. The lowest BCUT2D eigenvalue weighted by molar-refractivity contribution is 0.139. The van der Waals surface area contributed by atoms with Crippen LogP contribution < -0.4 is 5.73 Å². The second-order valence-electron chi connectivity index (χ2n) is 4.99. The van der Waals surface area contributed by atoms with Crippen LogP contribution in [0.1, 0.15) is 38.1 Å². The van der Waals surface area contributed by atoms with Crippen LogP contribution in [0, 0.1) is 5.92 Å². The number of alkyl halides is 1. The highest BCUT2D eigenvalue weighted by Crippen LogP contribution is 2.43. The first-order valence-corrected chi connectivity index (χ1v) is 6.57. The summed E-state index contributed by atoms with van der Waals surface area (Å²) in [6.45, 7) is 5.02. The van der Waals surface area contributed by atoms with Gasteiger partial charge in [0.15, 0.2) is 0 Å². The Bertz CT molecular complexity index is 384. The molecule has 1 aromatic heterocycles. The molecule has 1 fully saturated rings. The highest BCUT2D eigenvalue weighted by Gasteiger charge is 2.45. The van der Waals surface area contributed by atoms with Crippen molar-refractivity contribution in [2.45, 2.75) is 51.7 Å². The van der Waals surface area contributed by atoms with Crippen LogP contribution >= 0.6 is 0 Å². The van der Waals surface area contributed by atoms with Gasteiger partial charge >= 0.3 is 0 Å². The van der Waals surface area contributed by atoms with E-state index in [1.807, 2.05) is 17.7 Å². The number of hydrogen-bond acceptors (Lipinski definition) is 2. The molecule has 1 aliphatic carbocycles. The smallest absolute Gasteiger partial charge is 0.131 e. The molecule has 1 heterocycles. The van der Waals surface area contributed by atoms with Crippen molar-refractivity contribution in [2.75, 3.05) is 6.54 Å². The second-order valence-corrected chi connectivity index (χ2v) is 4.99. The third-order valence-corrected chi connectivity index (χ3v) is 3.70. The zero-order chi connectivity index (χ0) is 12.5. The lowest BCUT2D eigenvalue weighted by atomic mass is 9.94. The summed E-state index contributed by atoms with van der Waals surface area (Å²) in [6.07, 6.45) is 3.27. The van der Waals surface area contributed by atoms with Crippen molar-refractivity contribution in [2.24, 2.45) is 11.7 Å². The molecule has 3 nitrogen and oxygen atoms in total. The Kier molecular flexibility index (Phi) is 3.52. The van der Waals surface area contributed by atoms with Gasteiger partial charge in [-0.25, -0.2) is 4.39 Å². The number of halogens is 1. The third kappa shape index (κ3) is 2.51. The Morgan fingerprint density at radius 2 is 2.24 bits per heavy atom. The Hall–Kier alpha value is -0.900. The SMILES string of the molecule is CCc1cc(CC(F)(CN)C2CC2)n(CC)n1. The highest BCUT2D eigenvalue weighted by atomic mass is 19.1. The van der Waals surface area contributed by atoms with Crippen LogP contribution in [0.15, 0.2) is 6.07 Å². The van der Waals surface area contributed by atoms with Crippen molar-refractivity contribution >= 4 is 0 Å². The lowest BCUT2D eigenvalue weighted by Crippen LogP contribution is -2.38. The van der Waals surface area contributed by atoms with Gasteiger partial charge in [-0.1, -0.05) is 6.92 Å². The molecule has 2 N–H and O–H groups in total. The normalized spacial score (nSPS) is 19.3. The van der Waals surface area contributed by atoms with E-state index >= 15 is 0 Å². The molecule has 0 aliphatic heterocycles. The molecule has 0 aromatic carbocycles. The first kappa shape index (κ1) is 12.6. The third-order valence-electron chi connectivity index (χ3n) is 3.70. The summed E-state index contributed by atoms with van der Waals surface area (Å²) in [5.41, 5.74) is 6.43. The van der Waals surface area contributed by atoms with Crippen LogP contribution in [0.2, 0.25) is 0 Å². The van der Waals surface area contributed by atoms with Crippen LogP contribution in [0.25, 0.3) is 0 Å². The standard InChI is InChI=1S/C13H22FN3/c1-3-11-7-12(17(4-2)16-11)8-13(14,9-15)10-5-6-10/h7,10H,3-6,8-9,15H2,1-2H3. The van der Waals surface area contributed by atoms with Crippen LogP contribution in [0.4, 0.5) is 4.39 Å². The van der Waals surface area contributed by atoms with Gasteiger partial charge in [0.1, 0.15) is 5.67 Å². The topological polar surface area (TPSA) is 43.8 Å². The van der Waals surface area contributed by atoms with Crippen LogP contribution in [0.5, 0.6) is 0 Å². The molecule has 1 aromatic rings. The number of hydrogen-bond donors (Lipinski definition) is 1. The molecule has 4 heteroatoms. The van der Waals surface area contributed by atoms with E-state index in [2.05, 4.69) is 12.0 Å². The zero-order valence-electron chi connectivity index (χ0n) is 10.7. The van der Waals surface area contributed by atoms with Gasteiger partial charge in [0, 0.05) is 25.2 Å². The largest absolute Gasteiger partial charge is 0.328 e. The molecule has 1 atom stereocenters. The van der Waals surface area contributed by atoms with Crippen molar-refractivity contribution < 1.29 is 4.39 Å². The van der Waals surface area contributed by atoms with Gasteiger partial charge in [-0.3, -0.25) is 4.68 Å². The van der Waals surface area contributed by atoms with E-state index in [4.69, 9.17) is 5.73 Å². The number of aromatic nitrogens is 2. The van der Waals surface area contributed by atoms with Crippen molar-refractivity contribution in [3.05, 3.63) is 17.5 Å². The summed E-state index contributed by atoms with van der Waals surface area (Å²) >= 11 is 0. The van der Waals surface area contributed by atoms with Gasteiger partial charge < -0.3 is 5.73 Å². The number of nitrogens with two attached hydrogens (primary N) is 1. The molecule has 1 unspecified atom stereocenters. The summed E-state index contributed by atoms with van der Waals surface area (Å²) in [7, 11) is 0. The molecular formula is C13H22FN3. The maximum absolute atomic E-state index is 14.7. The van der Waals surface area contributed by atoms with Gasteiger partial charge in [0.05, 0.1) is 5.69 Å². The van der Waals surface area contributed by atoms with Crippen molar-refractivity contribution in [1.82, 2.24) is 9.78 Å². The Morgan fingerprint density at radius 1 is 1.53 bits per heavy atom. The van der Waals surface area contributed by atoms with E-state index in [0.29, 0.717) is 6.42 Å². The fraction of sp³-hybridized carbons (Fsp3) is 0.769. The van der Waals surface area contributed by atoms with Gasteiger partial charge in [0.2, 0.25) is 0 Å². The molecule has 2 rings (SSSR count). The number of aryl methyl sites for hydroxylation is 2. The summed E-state index contributed by atoms with van der Waals surface area (Å²) in [5, 5.41) is 4.45. The molecule has 0 radical (unpaired) electrons. The number of nitrogens with zero attached hydrogens (tertiary/aromatic N) is 2. The van der Waals surface area contributed by atoms with Gasteiger partial charge in [-0.05, 0) is 38.2 Å².